The zero-order valence-corrected chi connectivity index (χ0v) is 16.0. The molecule has 1 aliphatic rings. The Morgan fingerprint density at radius 3 is 3.04 bits per heavy atom. The van der Waals surface area contributed by atoms with Gasteiger partial charge in [-0.2, -0.15) is 0 Å². The first kappa shape index (κ1) is 17.7. The maximum atomic E-state index is 12.4. The van der Waals surface area contributed by atoms with E-state index in [1.165, 1.54) is 11.8 Å². The van der Waals surface area contributed by atoms with Crippen LogP contribution in [0.3, 0.4) is 0 Å². The number of ether oxygens (including phenoxy) is 2. The van der Waals surface area contributed by atoms with Crippen molar-refractivity contribution in [1.82, 2.24) is 4.98 Å². The standard InChI is InChI=1S/C20H20N2O4S/c1-3-24-18-9-13-8-12(2)25-17(13)10-15(18)21-19(23)11-27-20-22-14-6-4-5-7-16(14)26-20/h4-7,9-10,12H,3,8,11H2,1-2H3,(H,21,23). The topological polar surface area (TPSA) is 73.6 Å². The van der Waals surface area contributed by atoms with E-state index in [9.17, 15) is 4.79 Å². The van der Waals surface area contributed by atoms with E-state index >= 15 is 0 Å². The molecule has 0 bridgehead atoms. The summed E-state index contributed by atoms with van der Waals surface area (Å²) in [6.07, 6.45) is 0.979. The van der Waals surface area contributed by atoms with Crippen LogP contribution in [-0.2, 0) is 11.2 Å². The Bertz CT molecular complexity index is 952. The van der Waals surface area contributed by atoms with Crippen LogP contribution in [0.5, 0.6) is 11.5 Å². The van der Waals surface area contributed by atoms with Crippen LogP contribution in [0, 0.1) is 0 Å². The van der Waals surface area contributed by atoms with Gasteiger partial charge in [-0.1, -0.05) is 23.9 Å². The Kier molecular flexibility index (Phi) is 4.94. The van der Waals surface area contributed by atoms with Gasteiger partial charge in [0.15, 0.2) is 5.58 Å². The summed E-state index contributed by atoms with van der Waals surface area (Å²) in [6.45, 7) is 4.46. The molecule has 0 spiro atoms. The number of anilines is 1. The second kappa shape index (κ2) is 7.52. The molecule has 0 aliphatic carbocycles. The van der Waals surface area contributed by atoms with Crippen molar-refractivity contribution in [3.05, 3.63) is 42.0 Å². The van der Waals surface area contributed by atoms with E-state index < -0.39 is 0 Å². The number of oxazole rings is 1. The number of aromatic nitrogens is 1. The van der Waals surface area contributed by atoms with Gasteiger partial charge >= 0.3 is 0 Å². The van der Waals surface area contributed by atoms with Gasteiger partial charge in [-0.05, 0) is 32.0 Å². The predicted molar refractivity (Wildman–Crippen MR) is 105 cm³/mol. The van der Waals surface area contributed by atoms with Crippen molar-refractivity contribution >= 4 is 34.5 Å². The highest BCUT2D eigenvalue weighted by Gasteiger charge is 2.22. The highest BCUT2D eigenvalue weighted by atomic mass is 32.2. The summed E-state index contributed by atoms with van der Waals surface area (Å²) in [4.78, 5) is 16.8. The van der Waals surface area contributed by atoms with Gasteiger partial charge in [-0.3, -0.25) is 4.79 Å². The molecule has 0 fully saturated rings. The summed E-state index contributed by atoms with van der Waals surface area (Å²) < 4.78 is 17.1. The highest BCUT2D eigenvalue weighted by molar-refractivity contribution is 7.99. The number of carbonyl (C=O) groups excluding carboxylic acids is 1. The second-order valence-corrected chi connectivity index (χ2v) is 7.23. The fourth-order valence-corrected chi connectivity index (χ4v) is 3.68. The molecular weight excluding hydrogens is 364 g/mol. The Morgan fingerprint density at radius 1 is 1.37 bits per heavy atom. The molecule has 3 aromatic rings. The van der Waals surface area contributed by atoms with Crippen LogP contribution < -0.4 is 14.8 Å². The van der Waals surface area contributed by atoms with Crippen molar-refractivity contribution < 1.29 is 18.7 Å². The lowest BCUT2D eigenvalue weighted by Crippen LogP contribution is -2.15. The molecule has 0 radical (unpaired) electrons. The van der Waals surface area contributed by atoms with Gasteiger partial charge in [-0.15, -0.1) is 0 Å². The maximum absolute atomic E-state index is 12.4. The van der Waals surface area contributed by atoms with E-state index in [0.717, 1.165) is 23.3 Å². The number of thioether (sulfide) groups is 1. The van der Waals surface area contributed by atoms with Crippen molar-refractivity contribution in [3.8, 4) is 11.5 Å². The fourth-order valence-electron chi connectivity index (χ4n) is 3.04. The van der Waals surface area contributed by atoms with Gasteiger partial charge in [0.1, 0.15) is 23.1 Å². The molecule has 0 saturated heterocycles. The van der Waals surface area contributed by atoms with E-state index in [2.05, 4.69) is 10.3 Å². The first-order chi connectivity index (χ1) is 13.1. The van der Waals surface area contributed by atoms with E-state index in [-0.39, 0.29) is 17.8 Å². The molecule has 1 amide bonds. The summed E-state index contributed by atoms with van der Waals surface area (Å²) in [5, 5.41) is 3.38. The molecule has 1 unspecified atom stereocenters. The third-order valence-electron chi connectivity index (χ3n) is 4.17. The first-order valence-corrected chi connectivity index (χ1v) is 9.85. The zero-order chi connectivity index (χ0) is 18.8. The minimum atomic E-state index is -0.158. The van der Waals surface area contributed by atoms with Crippen LogP contribution in [0.25, 0.3) is 11.1 Å². The summed E-state index contributed by atoms with van der Waals surface area (Å²) in [6, 6.07) is 11.3. The van der Waals surface area contributed by atoms with Crippen molar-refractivity contribution in [2.45, 2.75) is 31.6 Å². The number of para-hydroxylation sites is 2. The van der Waals surface area contributed by atoms with Crippen molar-refractivity contribution in [2.24, 2.45) is 0 Å². The van der Waals surface area contributed by atoms with Crippen LogP contribution in [0.15, 0.2) is 46.0 Å². The lowest BCUT2D eigenvalue weighted by molar-refractivity contribution is -0.113. The quantitative estimate of drug-likeness (QED) is 0.640. The molecule has 1 N–H and O–H groups in total. The lowest BCUT2D eigenvalue weighted by Gasteiger charge is -2.13. The lowest BCUT2D eigenvalue weighted by atomic mass is 10.1. The highest BCUT2D eigenvalue weighted by Crippen LogP contribution is 2.38. The number of fused-ring (bicyclic) bond motifs is 2. The monoisotopic (exact) mass is 384 g/mol. The number of carbonyl (C=O) groups is 1. The van der Waals surface area contributed by atoms with E-state index in [4.69, 9.17) is 13.9 Å². The van der Waals surface area contributed by atoms with E-state index in [1.807, 2.05) is 50.2 Å². The molecule has 1 aromatic heterocycles. The Balaban J connectivity index is 1.45. The Morgan fingerprint density at radius 2 is 2.22 bits per heavy atom. The summed E-state index contributed by atoms with van der Waals surface area (Å²) in [5.74, 6) is 1.49. The normalized spacial score (nSPS) is 15.4. The van der Waals surface area contributed by atoms with Gasteiger partial charge in [0.2, 0.25) is 5.91 Å². The molecule has 1 atom stereocenters. The zero-order valence-electron chi connectivity index (χ0n) is 15.2. The molecule has 0 saturated carbocycles. The van der Waals surface area contributed by atoms with Crippen molar-refractivity contribution in [1.29, 1.82) is 0 Å². The molecular formula is C20H20N2O4S. The molecule has 2 heterocycles. The van der Waals surface area contributed by atoms with Crippen molar-refractivity contribution in [3.63, 3.8) is 0 Å². The molecule has 1 aliphatic heterocycles. The number of hydrogen-bond donors (Lipinski definition) is 1. The van der Waals surface area contributed by atoms with Crippen LogP contribution in [0.2, 0.25) is 0 Å². The van der Waals surface area contributed by atoms with Crippen LogP contribution in [-0.4, -0.2) is 29.4 Å². The van der Waals surface area contributed by atoms with Gasteiger partial charge in [0, 0.05) is 18.1 Å². The third-order valence-corrected chi connectivity index (χ3v) is 5.00. The number of benzene rings is 2. The average Bonchev–Trinajstić information content (AvgIpc) is 3.22. The molecule has 6 nitrogen and oxygen atoms in total. The largest absolute Gasteiger partial charge is 0.492 e. The van der Waals surface area contributed by atoms with Crippen LogP contribution in [0.1, 0.15) is 19.4 Å². The Hall–Kier alpha value is -2.67. The third kappa shape index (κ3) is 3.88. The predicted octanol–water partition coefficient (Wildman–Crippen LogP) is 4.28. The minimum absolute atomic E-state index is 0.134. The number of amides is 1. The van der Waals surface area contributed by atoms with Gasteiger partial charge in [0.25, 0.3) is 5.22 Å². The Labute approximate surface area is 161 Å². The first-order valence-electron chi connectivity index (χ1n) is 8.87. The average molecular weight is 384 g/mol. The number of rotatable bonds is 6. The molecule has 27 heavy (non-hydrogen) atoms. The van der Waals surface area contributed by atoms with Gasteiger partial charge in [-0.25, -0.2) is 4.98 Å². The van der Waals surface area contributed by atoms with Crippen LogP contribution >= 0.6 is 11.8 Å². The van der Waals surface area contributed by atoms with Crippen molar-refractivity contribution in [2.75, 3.05) is 17.7 Å². The van der Waals surface area contributed by atoms with E-state index in [1.54, 1.807) is 0 Å². The second-order valence-electron chi connectivity index (χ2n) is 6.31. The number of hydrogen-bond acceptors (Lipinski definition) is 6. The maximum Gasteiger partial charge on any atom is 0.257 e. The molecule has 4 rings (SSSR count). The fraction of sp³-hybridized carbons (Fsp3) is 0.300. The molecule has 140 valence electrons. The molecule has 2 aromatic carbocycles. The molecule has 7 heteroatoms. The van der Waals surface area contributed by atoms with Gasteiger partial charge < -0.3 is 19.2 Å². The number of nitrogens with zero attached hydrogens (tertiary/aromatic N) is 1. The van der Waals surface area contributed by atoms with Crippen LogP contribution in [0.4, 0.5) is 5.69 Å². The van der Waals surface area contributed by atoms with Gasteiger partial charge in [0.05, 0.1) is 18.0 Å². The summed E-state index contributed by atoms with van der Waals surface area (Å²) >= 11 is 1.26. The SMILES string of the molecule is CCOc1cc2c(cc1NC(=O)CSc1nc3ccccc3o1)OC(C)C2. The summed E-state index contributed by atoms with van der Waals surface area (Å²) in [7, 11) is 0. The smallest absolute Gasteiger partial charge is 0.257 e. The minimum Gasteiger partial charge on any atom is -0.492 e. The number of nitrogens with one attached hydrogen (secondary N) is 1. The van der Waals surface area contributed by atoms with E-state index in [0.29, 0.717) is 28.8 Å². The summed E-state index contributed by atoms with van der Waals surface area (Å²) in [5.41, 5.74) is 3.21.